The number of nitrogens with one attached hydrogen (secondary N) is 2. The molecule has 1 saturated heterocycles. The maximum Gasteiger partial charge on any atom is 0.138 e. The molecule has 4 rings (SSSR count). The predicted octanol–water partition coefficient (Wildman–Crippen LogP) is 2.43. The molecule has 0 spiro atoms. The Kier molecular flexibility index (Phi) is 3.20. The lowest BCUT2D eigenvalue weighted by Crippen LogP contribution is -2.46. The van der Waals surface area contributed by atoms with E-state index in [1.165, 1.54) is 0 Å². The summed E-state index contributed by atoms with van der Waals surface area (Å²) < 4.78 is 0. The van der Waals surface area contributed by atoms with Gasteiger partial charge in [0.15, 0.2) is 0 Å². The molecule has 0 saturated carbocycles. The van der Waals surface area contributed by atoms with Gasteiger partial charge < -0.3 is 20.6 Å². The number of fused-ring (bicyclic) bond motifs is 2. The fraction of sp³-hybridized carbons (Fsp3) is 0.235. The second kappa shape index (κ2) is 5.35. The van der Waals surface area contributed by atoms with Crippen LogP contribution in [0.3, 0.4) is 0 Å². The first-order valence-corrected chi connectivity index (χ1v) is 7.55. The zero-order valence-corrected chi connectivity index (χ0v) is 12.2. The normalized spacial score (nSPS) is 16.9. The van der Waals surface area contributed by atoms with E-state index in [0.29, 0.717) is 0 Å². The average Bonchev–Trinajstić information content (AvgIpc) is 2.72. The van der Waals surface area contributed by atoms with Crippen molar-refractivity contribution in [2.24, 2.45) is 4.99 Å². The molecule has 0 aliphatic carbocycles. The predicted molar refractivity (Wildman–Crippen MR) is 88.5 cm³/mol. The Hall–Kier alpha value is -2.53. The highest BCUT2D eigenvalue weighted by molar-refractivity contribution is 6.08. The van der Waals surface area contributed by atoms with E-state index in [9.17, 15) is 5.11 Å². The van der Waals surface area contributed by atoms with Crippen molar-refractivity contribution >= 4 is 22.9 Å². The lowest BCUT2D eigenvalue weighted by atomic mass is 10.1. The van der Waals surface area contributed by atoms with Crippen LogP contribution in [0.1, 0.15) is 5.56 Å². The molecular formula is C17H18N4O. The molecule has 0 aromatic heterocycles. The van der Waals surface area contributed by atoms with Crippen LogP contribution in [0.4, 0.5) is 17.1 Å². The number of hydrogen-bond acceptors (Lipinski definition) is 5. The monoisotopic (exact) mass is 294 g/mol. The topological polar surface area (TPSA) is 59.9 Å². The number of anilines is 2. The van der Waals surface area contributed by atoms with Crippen LogP contribution in [0.15, 0.2) is 47.5 Å². The number of para-hydroxylation sites is 2. The van der Waals surface area contributed by atoms with E-state index in [0.717, 1.165) is 54.6 Å². The molecule has 5 nitrogen and oxygen atoms in total. The van der Waals surface area contributed by atoms with Crippen LogP contribution < -0.4 is 10.6 Å². The quantitative estimate of drug-likeness (QED) is 0.653. The van der Waals surface area contributed by atoms with Gasteiger partial charge in [-0.3, -0.25) is 0 Å². The summed E-state index contributed by atoms with van der Waals surface area (Å²) in [6.07, 6.45) is 0. The molecule has 1 fully saturated rings. The van der Waals surface area contributed by atoms with Gasteiger partial charge in [0.05, 0.1) is 11.4 Å². The van der Waals surface area contributed by atoms with Crippen molar-refractivity contribution in [2.45, 2.75) is 0 Å². The first kappa shape index (κ1) is 13.2. The van der Waals surface area contributed by atoms with Crippen LogP contribution in [0.25, 0.3) is 0 Å². The van der Waals surface area contributed by atoms with E-state index in [-0.39, 0.29) is 5.75 Å². The van der Waals surface area contributed by atoms with Crippen LogP contribution in [-0.4, -0.2) is 42.0 Å². The minimum absolute atomic E-state index is 0.259. The summed E-state index contributed by atoms with van der Waals surface area (Å²) in [5.74, 6) is 1.18. The Labute approximate surface area is 129 Å². The molecule has 2 aromatic rings. The van der Waals surface area contributed by atoms with Crippen LogP contribution in [-0.2, 0) is 0 Å². The number of amidine groups is 1. The van der Waals surface area contributed by atoms with Crippen molar-refractivity contribution in [3.63, 3.8) is 0 Å². The maximum absolute atomic E-state index is 9.90. The molecule has 5 heteroatoms. The number of aromatic hydroxyl groups is 1. The van der Waals surface area contributed by atoms with Gasteiger partial charge in [-0.15, -0.1) is 0 Å². The Morgan fingerprint density at radius 1 is 1.00 bits per heavy atom. The maximum atomic E-state index is 9.90. The third-order valence-electron chi connectivity index (χ3n) is 4.06. The molecule has 0 unspecified atom stereocenters. The number of phenolic OH excluding ortho intramolecular Hbond substituents is 1. The summed E-state index contributed by atoms with van der Waals surface area (Å²) in [7, 11) is 0. The molecule has 3 N–H and O–H groups in total. The van der Waals surface area contributed by atoms with E-state index in [2.05, 4.69) is 15.5 Å². The lowest BCUT2D eigenvalue weighted by molar-refractivity contribution is 0.358. The van der Waals surface area contributed by atoms with Crippen molar-refractivity contribution in [3.8, 4) is 5.75 Å². The van der Waals surface area contributed by atoms with Crippen LogP contribution >= 0.6 is 0 Å². The number of benzene rings is 2. The Morgan fingerprint density at radius 2 is 1.82 bits per heavy atom. The van der Waals surface area contributed by atoms with E-state index in [1.807, 2.05) is 30.3 Å². The number of rotatable bonds is 0. The first-order valence-electron chi connectivity index (χ1n) is 7.55. The zero-order valence-electron chi connectivity index (χ0n) is 12.2. The van der Waals surface area contributed by atoms with Crippen molar-refractivity contribution in [3.05, 3.63) is 48.0 Å². The van der Waals surface area contributed by atoms with Crippen molar-refractivity contribution in [1.82, 2.24) is 10.2 Å². The molecule has 0 atom stereocenters. The molecule has 0 radical (unpaired) electrons. The highest BCUT2D eigenvalue weighted by Crippen LogP contribution is 2.35. The van der Waals surface area contributed by atoms with E-state index in [4.69, 9.17) is 4.99 Å². The molecule has 0 amide bonds. The summed E-state index contributed by atoms with van der Waals surface area (Å²) >= 11 is 0. The Morgan fingerprint density at radius 3 is 2.68 bits per heavy atom. The van der Waals surface area contributed by atoms with Crippen molar-refractivity contribution in [2.75, 3.05) is 31.5 Å². The van der Waals surface area contributed by atoms with Gasteiger partial charge in [-0.25, -0.2) is 4.99 Å². The van der Waals surface area contributed by atoms with Gasteiger partial charge >= 0.3 is 0 Å². The highest BCUT2D eigenvalue weighted by Gasteiger charge is 2.22. The molecule has 2 aliphatic heterocycles. The third-order valence-corrected chi connectivity index (χ3v) is 4.06. The van der Waals surface area contributed by atoms with E-state index in [1.54, 1.807) is 12.1 Å². The lowest BCUT2D eigenvalue weighted by Gasteiger charge is -2.30. The fourth-order valence-corrected chi connectivity index (χ4v) is 2.94. The van der Waals surface area contributed by atoms with Crippen LogP contribution in [0.2, 0.25) is 0 Å². The minimum atomic E-state index is 0.259. The van der Waals surface area contributed by atoms with Gasteiger partial charge in [0.1, 0.15) is 11.6 Å². The van der Waals surface area contributed by atoms with E-state index >= 15 is 0 Å². The molecule has 2 aromatic carbocycles. The van der Waals surface area contributed by atoms with Gasteiger partial charge in [-0.1, -0.05) is 12.1 Å². The first-order chi connectivity index (χ1) is 10.8. The molecular weight excluding hydrogens is 276 g/mol. The number of piperazine rings is 1. The number of aliphatic imine (C=N–C) groups is 1. The third kappa shape index (κ3) is 2.29. The standard InChI is InChI=1S/C17H18N4O/c22-12-5-6-14-13(11-12)17(21-9-7-18-8-10-21)20-16-4-2-1-3-15(16)19-14/h1-6,11,18-19,22H,7-10H2. The zero-order chi connectivity index (χ0) is 14.9. The van der Waals surface area contributed by atoms with Gasteiger partial charge in [-0.05, 0) is 30.3 Å². The van der Waals surface area contributed by atoms with E-state index < -0.39 is 0 Å². The van der Waals surface area contributed by atoms with Crippen molar-refractivity contribution < 1.29 is 5.11 Å². The molecule has 2 heterocycles. The van der Waals surface area contributed by atoms with Gasteiger partial charge in [0, 0.05) is 37.4 Å². The minimum Gasteiger partial charge on any atom is -0.508 e. The number of nitrogens with zero attached hydrogens (tertiary/aromatic N) is 2. The number of phenols is 1. The average molecular weight is 294 g/mol. The summed E-state index contributed by atoms with van der Waals surface area (Å²) in [6.45, 7) is 3.72. The highest BCUT2D eigenvalue weighted by atomic mass is 16.3. The molecule has 2 aliphatic rings. The molecule has 0 bridgehead atoms. The second-order valence-corrected chi connectivity index (χ2v) is 5.54. The molecule has 112 valence electrons. The summed E-state index contributed by atoms with van der Waals surface area (Å²) in [4.78, 5) is 7.16. The number of hydrogen-bond donors (Lipinski definition) is 3. The summed E-state index contributed by atoms with van der Waals surface area (Å²) in [5, 5.41) is 16.7. The Balaban J connectivity index is 1.88. The van der Waals surface area contributed by atoms with Crippen molar-refractivity contribution in [1.29, 1.82) is 0 Å². The Bertz CT molecular complexity index is 735. The SMILES string of the molecule is Oc1ccc2c(c1)C(N1CCNCC1)=Nc1ccccc1N2. The van der Waals surface area contributed by atoms with Gasteiger partial charge in [0.2, 0.25) is 0 Å². The van der Waals surface area contributed by atoms with Gasteiger partial charge in [0.25, 0.3) is 0 Å². The smallest absolute Gasteiger partial charge is 0.138 e. The summed E-state index contributed by atoms with van der Waals surface area (Å²) in [5.41, 5.74) is 3.82. The van der Waals surface area contributed by atoms with Crippen LogP contribution in [0.5, 0.6) is 5.75 Å². The molecule has 22 heavy (non-hydrogen) atoms. The summed E-state index contributed by atoms with van der Waals surface area (Å²) in [6, 6.07) is 13.4. The fourth-order valence-electron chi connectivity index (χ4n) is 2.94. The van der Waals surface area contributed by atoms with Gasteiger partial charge in [-0.2, -0.15) is 0 Å². The largest absolute Gasteiger partial charge is 0.508 e. The second-order valence-electron chi connectivity index (χ2n) is 5.54. The van der Waals surface area contributed by atoms with Crippen LogP contribution in [0, 0.1) is 0 Å².